The highest BCUT2D eigenvalue weighted by Gasteiger charge is 2.24. The third-order valence-electron chi connectivity index (χ3n) is 6.09. The molecule has 3 aromatic heterocycles. The summed E-state index contributed by atoms with van der Waals surface area (Å²) in [7, 11) is 3.21. The van der Waals surface area contributed by atoms with E-state index >= 15 is 0 Å². The Bertz CT molecular complexity index is 1410. The fourth-order valence-corrected chi connectivity index (χ4v) is 6.57. The van der Waals surface area contributed by atoms with E-state index in [9.17, 15) is 9.59 Å². The van der Waals surface area contributed by atoms with E-state index in [1.165, 1.54) is 16.6 Å². The maximum atomic E-state index is 13.7. The van der Waals surface area contributed by atoms with Crippen LogP contribution >= 0.6 is 23.1 Å². The van der Waals surface area contributed by atoms with Crippen molar-refractivity contribution >= 4 is 39.1 Å². The topological polar surface area (TPSA) is 86.2 Å². The van der Waals surface area contributed by atoms with Crippen LogP contribution in [0.15, 0.2) is 46.5 Å². The van der Waals surface area contributed by atoms with E-state index in [0.717, 1.165) is 40.6 Å². The smallest absolute Gasteiger partial charge is 0.263 e. The first-order chi connectivity index (χ1) is 16.6. The van der Waals surface area contributed by atoms with Gasteiger partial charge >= 0.3 is 0 Å². The van der Waals surface area contributed by atoms with Gasteiger partial charge in [0.05, 0.1) is 31.1 Å². The molecule has 0 atom stereocenters. The number of methoxy groups -OCH3 is 2. The highest BCUT2D eigenvalue weighted by molar-refractivity contribution is 7.99. The Morgan fingerprint density at radius 3 is 2.82 bits per heavy atom. The van der Waals surface area contributed by atoms with Gasteiger partial charge < -0.3 is 14.5 Å². The largest absolute Gasteiger partial charge is 0.493 e. The summed E-state index contributed by atoms with van der Waals surface area (Å²) in [5.74, 6) is 1.51. The van der Waals surface area contributed by atoms with E-state index in [-0.39, 0.29) is 17.1 Å². The van der Waals surface area contributed by atoms with Gasteiger partial charge in [0.1, 0.15) is 4.83 Å². The van der Waals surface area contributed by atoms with E-state index in [4.69, 9.17) is 14.5 Å². The standard InChI is InChI=1S/C25H25N3O4S2/c1-31-19-9-8-15(13-20(19)32-2)10-12-28-24(30)22-16-5-3-7-21(16)34-23(22)27-25(28)33-14-18(29)17-6-4-11-26-17/h4,6,8-9,11,13,26H,3,5,7,10,12,14H2,1-2H3. The lowest BCUT2D eigenvalue weighted by Gasteiger charge is -2.13. The number of aryl methyl sites for hydroxylation is 3. The minimum Gasteiger partial charge on any atom is -0.493 e. The maximum Gasteiger partial charge on any atom is 0.263 e. The third-order valence-corrected chi connectivity index (χ3v) is 8.25. The van der Waals surface area contributed by atoms with Crippen LogP contribution in [0.2, 0.25) is 0 Å². The molecule has 0 spiro atoms. The molecular weight excluding hydrogens is 470 g/mol. The first-order valence-corrected chi connectivity index (χ1v) is 12.9. The number of aromatic amines is 1. The van der Waals surface area contributed by atoms with Crippen LogP contribution in [0.1, 0.15) is 32.9 Å². The van der Waals surface area contributed by atoms with Gasteiger partial charge in [0.25, 0.3) is 5.56 Å². The van der Waals surface area contributed by atoms with Crippen molar-refractivity contribution in [3.8, 4) is 11.5 Å². The lowest BCUT2D eigenvalue weighted by atomic mass is 10.1. The Balaban J connectivity index is 1.48. The number of thiophene rings is 1. The van der Waals surface area contributed by atoms with Gasteiger partial charge in [-0.1, -0.05) is 17.8 Å². The summed E-state index contributed by atoms with van der Waals surface area (Å²) < 4.78 is 12.5. The molecule has 4 aromatic rings. The van der Waals surface area contributed by atoms with Crippen molar-refractivity contribution < 1.29 is 14.3 Å². The Kier molecular flexibility index (Phi) is 6.47. The van der Waals surface area contributed by atoms with E-state index in [1.807, 2.05) is 18.2 Å². The summed E-state index contributed by atoms with van der Waals surface area (Å²) in [4.78, 5) is 36.1. The Hall–Kier alpha value is -3.04. The van der Waals surface area contributed by atoms with E-state index in [0.29, 0.717) is 35.3 Å². The molecule has 1 aliphatic rings. The zero-order chi connectivity index (χ0) is 23.7. The number of hydrogen-bond donors (Lipinski definition) is 1. The number of nitrogens with one attached hydrogen (secondary N) is 1. The molecule has 0 unspecified atom stereocenters. The van der Waals surface area contributed by atoms with Gasteiger partial charge in [-0.05, 0) is 61.1 Å². The molecule has 0 bridgehead atoms. The molecule has 1 aliphatic carbocycles. The quantitative estimate of drug-likeness (QED) is 0.209. The first-order valence-electron chi connectivity index (χ1n) is 11.1. The molecule has 0 radical (unpaired) electrons. The van der Waals surface area contributed by atoms with Gasteiger partial charge in [0.15, 0.2) is 22.4 Å². The normalized spacial score (nSPS) is 12.8. The number of H-pyrrole nitrogens is 1. The second-order valence-corrected chi connectivity index (χ2v) is 10.1. The Morgan fingerprint density at radius 2 is 2.06 bits per heavy atom. The number of Topliss-reactive ketones (excluding diaryl/α,β-unsaturated/α-hetero) is 1. The number of aromatic nitrogens is 3. The van der Waals surface area contributed by atoms with Gasteiger partial charge in [-0.3, -0.25) is 14.2 Å². The van der Waals surface area contributed by atoms with Crippen LogP contribution in [0, 0.1) is 0 Å². The SMILES string of the molecule is COc1ccc(CCn2c(SCC(=O)c3ccc[nH]3)nc3sc4c(c3c2=O)CCC4)cc1OC. The Labute approximate surface area is 205 Å². The molecule has 7 nitrogen and oxygen atoms in total. The monoisotopic (exact) mass is 495 g/mol. The summed E-state index contributed by atoms with van der Waals surface area (Å²) in [6.07, 6.45) is 5.38. The molecule has 34 heavy (non-hydrogen) atoms. The molecule has 5 rings (SSSR count). The van der Waals surface area contributed by atoms with Crippen LogP contribution < -0.4 is 15.0 Å². The zero-order valence-corrected chi connectivity index (χ0v) is 20.7. The van der Waals surface area contributed by atoms with Gasteiger partial charge in [0, 0.05) is 17.6 Å². The average Bonchev–Trinajstić information content (AvgIpc) is 3.59. The summed E-state index contributed by atoms with van der Waals surface area (Å²) >= 11 is 2.94. The summed E-state index contributed by atoms with van der Waals surface area (Å²) in [5.41, 5.74) is 2.73. The predicted octanol–water partition coefficient (Wildman–Crippen LogP) is 4.51. The van der Waals surface area contributed by atoms with Gasteiger partial charge in [-0.25, -0.2) is 4.98 Å². The van der Waals surface area contributed by atoms with Crippen LogP contribution in [-0.4, -0.2) is 40.3 Å². The van der Waals surface area contributed by atoms with Gasteiger partial charge in [-0.2, -0.15) is 0 Å². The molecule has 1 aromatic carbocycles. The van der Waals surface area contributed by atoms with Crippen LogP contribution in [0.3, 0.4) is 0 Å². The summed E-state index contributed by atoms with van der Waals surface area (Å²) in [5, 5.41) is 1.34. The molecule has 176 valence electrons. The number of hydrogen-bond acceptors (Lipinski definition) is 7. The second kappa shape index (κ2) is 9.68. The Morgan fingerprint density at radius 1 is 1.21 bits per heavy atom. The van der Waals surface area contributed by atoms with Gasteiger partial charge in [0.2, 0.25) is 0 Å². The molecular formula is C25H25N3O4S2. The fraction of sp³-hybridized carbons (Fsp3) is 0.320. The van der Waals surface area contributed by atoms with Crippen molar-refractivity contribution in [1.82, 2.24) is 14.5 Å². The van der Waals surface area contributed by atoms with Crippen molar-refractivity contribution in [2.75, 3.05) is 20.0 Å². The summed E-state index contributed by atoms with van der Waals surface area (Å²) in [6.45, 7) is 0.459. The minimum absolute atomic E-state index is 0.0142. The summed E-state index contributed by atoms with van der Waals surface area (Å²) in [6, 6.07) is 9.33. The number of fused-ring (bicyclic) bond motifs is 3. The zero-order valence-electron chi connectivity index (χ0n) is 19.1. The number of thioether (sulfide) groups is 1. The van der Waals surface area contributed by atoms with Crippen molar-refractivity contribution in [3.63, 3.8) is 0 Å². The average molecular weight is 496 g/mol. The molecule has 0 aliphatic heterocycles. The second-order valence-electron chi connectivity index (χ2n) is 8.12. The van der Waals surface area contributed by atoms with Crippen molar-refractivity contribution in [2.45, 2.75) is 37.4 Å². The van der Waals surface area contributed by atoms with Crippen molar-refractivity contribution in [1.29, 1.82) is 0 Å². The lowest BCUT2D eigenvalue weighted by Crippen LogP contribution is -2.25. The molecule has 0 fully saturated rings. The maximum absolute atomic E-state index is 13.7. The van der Waals surface area contributed by atoms with E-state index < -0.39 is 0 Å². The number of carbonyl (C=O) groups is 1. The van der Waals surface area contributed by atoms with Crippen molar-refractivity contribution in [2.24, 2.45) is 0 Å². The highest BCUT2D eigenvalue weighted by Crippen LogP contribution is 2.36. The van der Waals surface area contributed by atoms with Crippen LogP contribution in [0.25, 0.3) is 10.2 Å². The molecule has 3 heterocycles. The number of nitrogens with zero attached hydrogens (tertiary/aromatic N) is 2. The number of ether oxygens (including phenoxy) is 2. The molecule has 1 N–H and O–H groups in total. The first kappa shape index (κ1) is 22.7. The van der Waals surface area contributed by atoms with Crippen LogP contribution in [-0.2, 0) is 25.8 Å². The molecule has 0 saturated heterocycles. The minimum atomic E-state index is -0.0236. The molecule has 0 amide bonds. The van der Waals surface area contributed by atoms with Crippen LogP contribution in [0.5, 0.6) is 11.5 Å². The number of ketones is 1. The fourth-order valence-electron chi connectivity index (χ4n) is 4.35. The number of rotatable bonds is 9. The highest BCUT2D eigenvalue weighted by atomic mass is 32.2. The lowest BCUT2D eigenvalue weighted by molar-refractivity contribution is 0.101. The molecule has 9 heteroatoms. The van der Waals surface area contributed by atoms with E-state index in [1.54, 1.807) is 48.5 Å². The number of carbonyl (C=O) groups excluding carboxylic acids is 1. The van der Waals surface area contributed by atoms with Gasteiger partial charge in [-0.15, -0.1) is 11.3 Å². The van der Waals surface area contributed by atoms with Crippen molar-refractivity contribution in [3.05, 3.63) is 68.6 Å². The van der Waals surface area contributed by atoms with E-state index in [2.05, 4.69) is 4.98 Å². The molecule has 0 saturated carbocycles. The third kappa shape index (κ3) is 4.25. The number of benzene rings is 1. The van der Waals surface area contributed by atoms with Crippen LogP contribution in [0.4, 0.5) is 0 Å². The predicted molar refractivity (Wildman–Crippen MR) is 135 cm³/mol.